The first-order valence-corrected chi connectivity index (χ1v) is 18.9. The van der Waals surface area contributed by atoms with Crippen LogP contribution in [-0.4, -0.2) is 110 Å². The van der Waals surface area contributed by atoms with E-state index in [-0.39, 0.29) is 19.3 Å². The molecule has 0 spiro atoms. The Kier molecular flexibility index (Phi) is 13.3. The average molecular weight is 836 g/mol. The fourth-order valence-electron chi connectivity index (χ4n) is 6.58. The second-order valence-corrected chi connectivity index (χ2v) is 14.8. The highest BCUT2D eigenvalue weighted by Crippen LogP contribution is 2.37. The largest absolute Gasteiger partial charge is 0.497 e. The number of nitrogens with one attached hydrogen (secondary N) is 4. The van der Waals surface area contributed by atoms with Crippen LogP contribution in [0.4, 0.5) is 0 Å². The normalized spacial score (nSPS) is 24.1. The van der Waals surface area contributed by atoms with Crippen molar-refractivity contribution in [2.45, 2.75) is 76.3 Å². The monoisotopic (exact) mass is 834 g/mol. The molecule has 3 heterocycles. The van der Waals surface area contributed by atoms with Crippen molar-refractivity contribution in [3.8, 4) is 23.0 Å². The number of carbonyl (C=O) groups is 6. The van der Waals surface area contributed by atoms with Crippen molar-refractivity contribution >= 4 is 51.4 Å². The highest BCUT2D eigenvalue weighted by molar-refractivity contribution is 9.10. The Hall–Kier alpha value is -5.64. The molecule has 3 aromatic rings. The highest BCUT2D eigenvalue weighted by atomic mass is 79.9. The molecule has 298 valence electrons. The van der Waals surface area contributed by atoms with Crippen LogP contribution in [0, 0.1) is 0 Å². The van der Waals surface area contributed by atoms with Gasteiger partial charge in [-0.3, -0.25) is 28.8 Å². The Balaban J connectivity index is 1.56. The number of methoxy groups -OCH3 is 2. The number of amides is 6. The van der Waals surface area contributed by atoms with E-state index in [1.54, 1.807) is 60.7 Å². The van der Waals surface area contributed by atoms with Gasteiger partial charge in [0.05, 0.1) is 14.2 Å². The van der Waals surface area contributed by atoms with Gasteiger partial charge in [0, 0.05) is 37.8 Å². The van der Waals surface area contributed by atoms with Gasteiger partial charge >= 0.3 is 0 Å². The fraction of sp³-hybridized carbons (Fsp3) is 0.400. The van der Waals surface area contributed by atoms with E-state index in [9.17, 15) is 28.8 Å². The predicted molar refractivity (Wildman–Crippen MR) is 209 cm³/mol. The lowest BCUT2D eigenvalue weighted by Crippen LogP contribution is -2.61. The summed E-state index contributed by atoms with van der Waals surface area (Å²) in [4.78, 5) is 86.2. The summed E-state index contributed by atoms with van der Waals surface area (Å²) in [6.07, 6.45) is 0.0477. The second kappa shape index (κ2) is 17.9. The summed E-state index contributed by atoms with van der Waals surface area (Å²) in [6.45, 7) is 4.42. The number of nitrogens with zero attached hydrogens (tertiary/aromatic N) is 2. The molecular formula is C40H47BrN6O9. The van der Waals surface area contributed by atoms with Crippen molar-refractivity contribution in [3.63, 3.8) is 0 Å². The lowest BCUT2D eigenvalue weighted by Gasteiger charge is -2.34. The van der Waals surface area contributed by atoms with Crippen LogP contribution >= 0.6 is 15.9 Å². The van der Waals surface area contributed by atoms with Crippen LogP contribution in [0.15, 0.2) is 65.1 Å². The smallest absolute Gasteiger partial charge is 0.245 e. The molecule has 6 bridgehead atoms. The molecule has 1 saturated heterocycles. The van der Waals surface area contributed by atoms with Gasteiger partial charge in [0.2, 0.25) is 35.4 Å². The van der Waals surface area contributed by atoms with Crippen LogP contribution in [-0.2, 0) is 48.0 Å². The summed E-state index contributed by atoms with van der Waals surface area (Å²) >= 11 is 3.55. The molecule has 6 atom stereocenters. The number of carbonyl (C=O) groups excluding carboxylic acids is 6. The van der Waals surface area contributed by atoms with E-state index in [1.807, 2.05) is 0 Å². The van der Waals surface area contributed by atoms with Crippen LogP contribution in [0.2, 0.25) is 0 Å². The summed E-state index contributed by atoms with van der Waals surface area (Å²) < 4.78 is 17.6. The molecule has 6 rings (SSSR count). The molecule has 0 aromatic heterocycles. The molecule has 0 radical (unpaired) electrons. The second-order valence-electron chi connectivity index (χ2n) is 14.0. The molecule has 15 nitrogen and oxygen atoms in total. The predicted octanol–water partition coefficient (Wildman–Crippen LogP) is 2.27. The van der Waals surface area contributed by atoms with Gasteiger partial charge in [-0.2, -0.15) is 0 Å². The number of hydrogen-bond acceptors (Lipinski definition) is 9. The van der Waals surface area contributed by atoms with E-state index in [1.165, 1.54) is 58.9 Å². The number of benzene rings is 3. The van der Waals surface area contributed by atoms with Crippen molar-refractivity contribution in [2.24, 2.45) is 0 Å². The van der Waals surface area contributed by atoms with Crippen LogP contribution in [0.3, 0.4) is 0 Å². The Bertz CT molecular complexity index is 1980. The Labute approximate surface area is 333 Å². The van der Waals surface area contributed by atoms with Gasteiger partial charge in [0.1, 0.15) is 47.8 Å². The lowest BCUT2D eigenvalue weighted by molar-refractivity contribution is -0.145. The molecule has 1 unspecified atom stereocenters. The summed E-state index contributed by atoms with van der Waals surface area (Å²) in [6, 6.07) is 10.4. The molecule has 56 heavy (non-hydrogen) atoms. The van der Waals surface area contributed by atoms with E-state index in [0.717, 1.165) is 0 Å². The fourth-order valence-corrected chi connectivity index (χ4v) is 7.06. The third kappa shape index (κ3) is 9.59. The molecular weight excluding hydrogens is 788 g/mol. The minimum Gasteiger partial charge on any atom is -0.497 e. The van der Waals surface area contributed by atoms with Crippen molar-refractivity contribution in [3.05, 3.63) is 81.8 Å². The average Bonchev–Trinajstić information content (AvgIpc) is 3.18. The molecule has 4 N–H and O–H groups in total. The maximum atomic E-state index is 14.4. The van der Waals surface area contributed by atoms with Gasteiger partial charge in [-0.05, 0) is 73.9 Å². The lowest BCUT2D eigenvalue weighted by atomic mass is 10.00. The molecule has 3 aliphatic rings. The van der Waals surface area contributed by atoms with Gasteiger partial charge in [-0.25, -0.2) is 0 Å². The van der Waals surface area contributed by atoms with Crippen LogP contribution in [0.5, 0.6) is 23.0 Å². The van der Waals surface area contributed by atoms with Crippen LogP contribution in [0.1, 0.15) is 37.5 Å². The maximum absolute atomic E-state index is 14.4. The number of halogens is 1. The molecule has 0 saturated carbocycles. The first-order valence-electron chi connectivity index (χ1n) is 18.1. The summed E-state index contributed by atoms with van der Waals surface area (Å²) in [5.41, 5.74) is 1.95. The van der Waals surface area contributed by atoms with Gasteiger partial charge in [-0.15, -0.1) is 0 Å². The Morgan fingerprint density at radius 1 is 0.696 bits per heavy atom. The number of fused-ring (bicyclic) bond motifs is 2. The minimum atomic E-state index is -1.25. The van der Waals surface area contributed by atoms with E-state index < -0.39 is 71.7 Å². The first-order chi connectivity index (χ1) is 26.6. The van der Waals surface area contributed by atoms with Gasteiger partial charge in [-0.1, -0.05) is 40.2 Å². The number of hydrogen-bond donors (Lipinski definition) is 4. The minimum absolute atomic E-state index is 0.0374. The maximum Gasteiger partial charge on any atom is 0.245 e. The number of rotatable bonds is 4. The summed E-state index contributed by atoms with van der Waals surface area (Å²) in [7, 11) is 5.93. The van der Waals surface area contributed by atoms with E-state index in [0.29, 0.717) is 44.2 Å². The number of ether oxygens (including phenoxy) is 3. The zero-order valence-corrected chi connectivity index (χ0v) is 33.9. The summed E-state index contributed by atoms with van der Waals surface area (Å²) in [5.74, 6) is -1.92. The molecule has 0 aliphatic carbocycles. The zero-order valence-electron chi connectivity index (χ0n) is 32.3. The first kappa shape index (κ1) is 41.5. The Morgan fingerprint density at radius 3 is 1.93 bits per heavy atom. The van der Waals surface area contributed by atoms with E-state index >= 15 is 0 Å². The van der Waals surface area contributed by atoms with Crippen molar-refractivity contribution in [1.29, 1.82) is 0 Å². The highest BCUT2D eigenvalue weighted by Gasteiger charge is 2.37. The quantitative estimate of drug-likeness (QED) is 0.306. The SMILES string of the molecule is COc1ccc(C[C@H]2C(=O)N[C@@H](C)C(=O)N(C)[C@H]3Cc4ccc(cc4)Oc4cc(c(Br)cc4OC)CC(NC3=O)C(=O)N[C@H](C)C(=O)N[C@@H](C)C(=O)N2C)cc1. The van der Waals surface area contributed by atoms with Crippen LogP contribution < -0.4 is 35.5 Å². The number of likely N-dealkylation sites (N-methyl/N-ethyl adjacent to an activating group) is 2. The standard InChI is InChI=1S/C40H47BrN6O9/c1-21-35(48)43-22(2)39(52)46(4)31(16-24-8-12-27(54-6)13-9-24)37(50)44-23(3)40(53)47(5)32-17-25-10-14-28(15-11-25)56-34-19-26(29(41)20-33(34)55-7)18-30(36(49)42-21)45-38(32)51/h8-15,19-23,30-32H,16-18H2,1-7H3,(H,42,49)(H,43,48)(H,44,50)(H,45,51)/t21-,22+,23+,30?,31+,32+/m1/s1. The topological polar surface area (TPSA) is 185 Å². The zero-order chi connectivity index (χ0) is 40.8. The molecule has 3 aliphatic heterocycles. The van der Waals surface area contributed by atoms with Crippen LogP contribution in [0.25, 0.3) is 0 Å². The molecule has 6 amide bonds. The van der Waals surface area contributed by atoms with Crippen molar-refractivity contribution in [2.75, 3.05) is 28.3 Å². The Morgan fingerprint density at radius 2 is 1.30 bits per heavy atom. The third-order valence-electron chi connectivity index (χ3n) is 10.0. The third-order valence-corrected chi connectivity index (χ3v) is 10.7. The van der Waals surface area contributed by atoms with E-state index in [4.69, 9.17) is 14.2 Å². The van der Waals surface area contributed by atoms with Gasteiger partial charge in [0.25, 0.3) is 0 Å². The van der Waals surface area contributed by atoms with Gasteiger partial charge < -0.3 is 45.3 Å². The van der Waals surface area contributed by atoms with Gasteiger partial charge in [0.15, 0.2) is 11.5 Å². The summed E-state index contributed by atoms with van der Waals surface area (Å²) in [5, 5.41) is 10.9. The molecule has 1 fully saturated rings. The van der Waals surface area contributed by atoms with Crippen molar-refractivity contribution in [1.82, 2.24) is 31.1 Å². The molecule has 3 aromatic carbocycles. The van der Waals surface area contributed by atoms with Crippen molar-refractivity contribution < 1.29 is 43.0 Å². The molecule has 16 heteroatoms. The van der Waals surface area contributed by atoms with E-state index in [2.05, 4.69) is 37.2 Å².